The fourth-order valence-corrected chi connectivity index (χ4v) is 3.05. The molecule has 7 heteroatoms. The van der Waals surface area contributed by atoms with Crippen LogP contribution < -0.4 is 5.56 Å². The molecule has 0 aliphatic heterocycles. The molecule has 0 N–H and O–H groups in total. The van der Waals surface area contributed by atoms with Crippen molar-refractivity contribution in [1.82, 2.24) is 9.66 Å². The fourth-order valence-electron chi connectivity index (χ4n) is 1.88. The van der Waals surface area contributed by atoms with Gasteiger partial charge in [0, 0.05) is 10.0 Å². The summed E-state index contributed by atoms with van der Waals surface area (Å²) in [4.78, 5) is 17.3. The highest BCUT2D eigenvalue weighted by Crippen LogP contribution is 2.16. The molecule has 0 unspecified atom stereocenters. The van der Waals surface area contributed by atoms with Gasteiger partial charge in [-0.1, -0.05) is 15.9 Å². The number of thiophene rings is 1. The molecule has 0 saturated heterocycles. The molecule has 106 valence electrons. The molecule has 2 aromatic heterocycles. The molecule has 0 atom stereocenters. The summed E-state index contributed by atoms with van der Waals surface area (Å²) in [6.45, 7) is 1.69. The average molecular weight is 366 g/mol. The highest BCUT2D eigenvalue weighted by molar-refractivity contribution is 9.10. The van der Waals surface area contributed by atoms with E-state index in [2.05, 4.69) is 26.0 Å². The summed E-state index contributed by atoms with van der Waals surface area (Å²) >= 11 is 4.67. The Balaban J connectivity index is 2.11. The van der Waals surface area contributed by atoms with Gasteiger partial charge >= 0.3 is 0 Å². The molecular weight excluding hydrogens is 357 g/mol. The summed E-state index contributed by atoms with van der Waals surface area (Å²) in [6, 6.07) is 6.24. The predicted molar refractivity (Wildman–Crippen MR) is 85.7 cm³/mol. The van der Waals surface area contributed by atoms with Crippen molar-refractivity contribution >= 4 is 43.7 Å². The average Bonchev–Trinajstić information content (AvgIpc) is 2.90. The number of hydrogen-bond acceptors (Lipinski definition) is 4. The van der Waals surface area contributed by atoms with E-state index in [1.165, 1.54) is 28.3 Å². The first-order chi connectivity index (χ1) is 10.1. The van der Waals surface area contributed by atoms with Crippen molar-refractivity contribution in [3.05, 3.63) is 61.7 Å². The molecule has 0 amide bonds. The molecule has 0 spiro atoms. The van der Waals surface area contributed by atoms with Gasteiger partial charge in [0.05, 0.1) is 11.6 Å². The summed E-state index contributed by atoms with van der Waals surface area (Å²) in [5.74, 6) is 0.0545. The predicted octanol–water partition coefficient (Wildman–Crippen LogP) is 3.55. The minimum absolute atomic E-state index is 0.259. The number of hydrogen-bond donors (Lipinski definition) is 0. The smallest absolute Gasteiger partial charge is 0.267 e. The van der Waals surface area contributed by atoms with Crippen molar-refractivity contribution in [2.45, 2.75) is 6.92 Å². The molecule has 0 aliphatic carbocycles. The Morgan fingerprint density at radius 2 is 2.24 bits per heavy atom. The van der Waals surface area contributed by atoms with Crippen LogP contribution in [0.4, 0.5) is 4.39 Å². The molecule has 0 radical (unpaired) electrons. The number of aromatic nitrogens is 2. The summed E-state index contributed by atoms with van der Waals surface area (Å²) in [6.07, 6.45) is 1.31. The Labute approximate surface area is 131 Å². The van der Waals surface area contributed by atoms with Gasteiger partial charge in [-0.2, -0.15) is 9.78 Å². The van der Waals surface area contributed by atoms with Crippen LogP contribution in [0.3, 0.4) is 0 Å². The van der Waals surface area contributed by atoms with E-state index in [9.17, 15) is 9.18 Å². The largest absolute Gasteiger partial charge is 0.282 e. The van der Waals surface area contributed by atoms with Gasteiger partial charge in [0.2, 0.25) is 0 Å². The lowest BCUT2D eigenvalue weighted by molar-refractivity contribution is 0.625. The second-order valence-electron chi connectivity index (χ2n) is 4.33. The van der Waals surface area contributed by atoms with Gasteiger partial charge in [0.25, 0.3) is 5.56 Å². The zero-order chi connectivity index (χ0) is 15.0. The van der Waals surface area contributed by atoms with Crippen LogP contribution in [0.1, 0.15) is 11.4 Å². The molecule has 1 aromatic carbocycles. The Morgan fingerprint density at radius 3 is 3.05 bits per heavy atom. The highest BCUT2D eigenvalue weighted by atomic mass is 79.9. The van der Waals surface area contributed by atoms with Crippen molar-refractivity contribution in [3.63, 3.8) is 0 Å². The molecule has 21 heavy (non-hydrogen) atoms. The molecule has 3 rings (SSSR count). The summed E-state index contributed by atoms with van der Waals surface area (Å²) < 4.78 is 15.6. The minimum Gasteiger partial charge on any atom is -0.267 e. The van der Waals surface area contributed by atoms with Crippen LogP contribution in [0.2, 0.25) is 0 Å². The van der Waals surface area contributed by atoms with Gasteiger partial charge in [0.15, 0.2) is 0 Å². The third kappa shape index (κ3) is 2.66. The van der Waals surface area contributed by atoms with E-state index in [1.54, 1.807) is 30.5 Å². The van der Waals surface area contributed by atoms with Crippen LogP contribution in [0.25, 0.3) is 10.2 Å². The van der Waals surface area contributed by atoms with E-state index >= 15 is 0 Å². The lowest BCUT2D eigenvalue weighted by Crippen LogP contribution is -2.19. The molecule has 0 bridgehead atoms. The standard InChI is InChI=1S/C14H9BrFN3OS/c1-8-18-13-11(4-5-21-13)14(20)19(8)17-7-9-6-10(15)2-3-12(9)16/h2-7H,1H3/b17-7-. The van der Waals surface area contributed by atoms with Crippen molar-refractivity contribution in [2.24, 2.45) is 5.10 Å². The Kier molecular flexibility index (Phi) is 3.69. The van der Waals surface area contributed by atoms with Gasteiger partial charge in [-0.3, -0.25) is 4.79 Å². The zero-order valence-corrected chi connectivity index (χ0v) is 13.3. The zero-order valence-electron chi connectivity index (χ0n) is 10.9. The normalized spacial score (nSPS) is 11.6. The molecular formula is C14H9BrFN3OS. The molecule has 0 fully saturated rings. The Hall–Kier alpha value is -1.86. The van der Waals surface area contributed by atoms with Gasteiger partial charge in [0.1, 0.15) is 16.5 Å². The maximum Gasteiger partial charge on any atom is 0.282 e. The second kappa shape index (κ2) is 5.50. The first-order valence-corrected chi connectivity index (χ1v) is 7.70. The topological polar surface area (TPSA) is 47.2 Å². The first-order valence-electron chi connectivity index (χ1n) is 6.02. The molecule has 0 saturated carbocycles. The van der Waals surface area contributed by atoms with Crippen molar-refractivity contribution in [3.8, 4) is 0 Å². The van der Waals surface area contributed by atoms with Crippen molar-refractivity contribution in [1.29, 1.82) is 0 Å². The quantitative estimate of drug-likeness (QED) is 0.652. The van der Waals surface area contributed by atoms with Crippen LogP contribution >= 0.6 is 27.3 Å². The van der Waals surface area contributed by atoms with E-state index < -0.39 is 5.82 Å². The maximum atomic E-state index is 13.7. The van der Waals surface area contributed by atoms with Crippen LogP contribution in [-0.4, -0.2) is 15.9 Å². The van der Waals surface area contributed by atoms with E-state index in [0.717, 1.165) is 4.47 Å². The first kappa shape index (κ1) is 14.1. The third-order valence-electron chi connectivity index (χ3n) is 2.91. The number of halogens is 2. The number of nitrogens with zero attached hydrogens (tertiary/aromatic N) is 3. The number of aryl methyl sites for hydroxylation is 1. The monoisotopic (exact) mass is 365 g/mol. The fraction of sp³-hybridized carbons (Fsp3) is 0.0714. The lowest BCUT2D eigenvalue weighted by atomic mass is 10.2. The summed E-state index contributed by atoms with van der Waals surface area (Å²) in [7, 11) is 0. The molecule has 4 nitrogen and oxygen atoms in total. The van der Waals surface area contributed by atoms with E-state index in [4.69, 9.17) is 0 Å². The molecule has 2 heterocycles. The van der Waals surface area contributed by atoms with Crippen LogP contribution in [-0.2, 0) is 0 Å². The van der Waals surface area contributed by atoms with Crippen LogP contribution in [0.15, 0.2) is 44.0 Å². The maximum absolute atomic E-state index is 13.7. The molecule has 3 aromatic rings. The number of benzene rings is 1. The van der Waals surface area contributed by atoms with Crippen LogP contribution in [0, 0.1) is 12.7 Å². The second-order valence-corrected chi connectivity index (χ2v) is 6.14. The third-order valence-corrected chi connectivity index (χ3v) is 4.21. The Bertz CT molecular complexity index is 916. The van der Waals surface area contributed by atoms with Crippen molar-refractivity contribution in [2.75, 3.05) is 0 Å². The lowest BCUT2D eigenvalue weighted by Gasteiger charge is -2.03. The summed E-state index contributed by atoms with van der Waals surface area (Å²) in [5, 5.41) is 6.39. The van der Waals surface area contributed by atoms with Gasteiger partial charge in [-0.25, -0.2) is 9.37 Å². The van der Waals surface area contributed by atoms with Gasteiger partial charge in [-0.05, 0) is 36.6 Å². The van der Waals surface area contributed by atoms with E-state index in [0.29, 0.717) is 21.6 Å². The van der Waals surface area contributed by atoms with E-state index in [1.807, 2.05) is 0 Å². The van der Waals surface area contributed by atoms with Gasteiger partial charge in [-0.15, -0.1) is 11.3 Å². The minimum atomic E-state index is -0.405. The van der Waals surface area contributed by atoms with Crippen LogP contribution in [0.5, 0.6) is 0 Å². The summed E-state index contributed by atoms with van der Waals surface area (Å²) in [5.41, 5.74) is 0.0338. The van der Waals surface area contributed by atoms with Crippen molar-refractivity contribution < 1.29 is 4.39 Å². The molecule has 0 aliphatic rings. The SMILES string of the molecule is Cc1nc2sccc2c(=O)n1/N=C\c1cc(Br)ccc1F. The number of fused-ring (bicyclic) bond motifs is 1. The highest BCUT2D eigenvalue weighted by Gasteiger charge is 2.08. The van der Waals surface area contributed by atoms with Gasteiger partial charge < -0.3 is 0 Å². The van der Waals surface area contributed by atoms with E-state index in [-0.39, 0.29) is 5.56 Å². The number of rotatable bonds is 2. The Morgan fingerprint density at radius 1 is 1.43 bits per heavy atom.